The third-order valence-corrected chi connectivity index (χ3v) is 4.99. The molecule has 2 aromatic carbocycles. The number of ether oxygens (including phenoxy) is 1. The number of fused-ring (bicyclic) bond motifs is 2. The van der Waals surface area contributed by atoms with Crippen molar-refractivity contribution in [2.24, 2.45) is 7.05 Å². The van der Waals surface area contributed by atoms with Crippen molar-refractivity contribution in [1.29, 1.82) is 0 Å². The quantitative estimate of drug-likeness (QED) is 0.680. The molecule has 0 bridgehead atoms. The summed E-state index contributed by atoms with van der Waals surface area (Å²) < 4.78 is 8.32. The zero-order valence-corrected chi connectivity index (χ0v) is 14.4. The SMILES string of the molecule is COc1ccc2c(c1)C(=O)N(c1ccc3c(c1)c(Br)cn3C)C2. The molecule has 5 heteroatoms. The number of aromatic nitrogens is 1. The summed E-state index contributed by atoms with van der Waals surface area (Å²) in [5, 5.41) is 1.10. The molecule has 0 saturated carbocycles. The van der Waals surface area contributed by atoms with Crippen LogP contribution in [0.5, 0.6) is 5.75 Å². The van der Waals surface area contributed by atoms with Crippen LogP contribution in [0, 0.1) is 0 Å². The van der Waals surface area contributed by atoms with Gasteiger partial charge in [0.05, 0.1) is 13.7 Å². The lowest BCUT2D eigenvalue weighted by atomic mass is 10.1. The highest BCUT2D eigenvalue weighted by molar-refractivity contribution is 9.10. The van der Waals surface area contributed by atoms with Gasteiger partial charge in [-0.25, -0.2) is 0 Å². The van der Waals surface area contributed by atoms with E-state index in [9.17, 15) is 4.79 Å². The van der Waals surface area contributed by atoms with E-state index in [-0.39, 0.29) is 5.91 Å². The van der Waals surface area contributed by atoms with Crippen LogP contribution in [0.25, 0.3) is 10.9 Å². The molecule has 0 atom stereocenters. The second-order valence-corrected chi connectivity index (χ2v) is 6.56. The van der Waals surface area contributed by atoms with Gasteiger partial charge in [0.25, 0.3) is 5.91 Å². The Balaban J connectivity index is 1.77. The molecule has 4 nitrogen and oxygen atoms in total. The molecule has 0 aliphatic carbocycles. The highest BCUT2D eigenvalue weighted by atomic mass is 79.9. The molecule has 23 heavy (non-hydrogen) atoms. The number of hydrogen-bond donors (Lipinski definition) is 0. The molecular weight excluding hydrogens is 356 g/mol. The highest BCUT2D eigenvalue weighted by Crippen LogP contribution is 2.34. The Morgan fingerprint density at radius 3 is 2.78 bits per heavy atom. The van der Waals surface area contributed by atoms with Crippen molar-refractivity contribution >= 4 is 38.4 Å². The molecule has 0 spiro atoms. The first-order valence-corrected chi connectivity index (χ1v) is 8.11. The number of aryl methyl sites for hydroxylation is 1. The van der Waals surface area contributed by atoms with Gasteiger partial charge in [-0.05, 0) is 51.8 Å². The van der Waals surface area contributed by atoms with Gasteiger partial charge in [0, 0.05) is 39.9 Å². The van der Waals surface area contributed by atoms with Gasteiger partial charge < -0.3 is 14.2 Å². The number of carbonyl (C=O) groups excluding carboxylic acids is 1. The second-order valence-electron chi connectivity index (χ2n) is 5.70. The lowest BCUT2D eigenvalue weighted by Gasteiger charge is -2.16. The number of rotatable bonds is 2. The van der Waals surface area contributed by atoms with Gasteiger partial charge in [-0.1, -0.05) is 6.07 Å². The summed E-state index contributed by atoms with van der Waals surface area (Å²) >= 11 is 3.58. The first-order chi connectivity index (χ1) is 11.1. The van der Waals surface area contributed by atoms with E-state index in [4.69, 9.17) is 4.74 Å². The summed E-state index contributed by atoms with van der Waals surface area (Å²) in [5.41, 5.74) is 3.79. The van der Waals surface area contributed by atoms with Gasteiger partial charge in [-0.3, -0.25) is 4.79 Å². The Labute approximate surface area is 142 Å². The minimum Gasteiger partial charge on any atom is -0.497 e. The second kappa shape index (κ2) is 5.13. The predicted octanol–water partition coefficient (Wildman–Crippen LogP) is 4.11. The molecule has 116 valence electrons. The van der Waals surface area contributed by atoms with E-state index in [2.05, 4.69) is 26.6 Å². The fourth-order valence-corrected chi connectivity index (χ4v) is 3.74. The molecule has 0 fully saturated rings. The van der Waals surface area contributed by atoms with Gasteiger partial charge in [0.1, 0.15) is 5.75 Å². The van der Waals surface area contributed by atoms with E-state index in [0.717, 1.165) is 32.2 Å². The van der Waals surface area contributed by atoms with Crippen molar-refractivity contribution in [1.82, 2.24) is 4.57 Å². The van der Waals surface area contributed by atoms with Crippen LogP contribution in [0.3, 0.4) is 0 Å². The third-order valence-electron chi connectivity index (χ3n) is 4.36. The molecule has 0 N–H and O–H groups in total. The largest absolute Gasteiger partial charge is 0.497 e. The van der Waals surface area contributed by atoms with E-state index < -0.39 is 0 Å². The maximum absolute atomic E-state index is 12.7. The molecule has 0 saturated heterocycles. The summed E-state index contributed by atoms with van der Waals surface area (Å²) in [6, 6.07) is 11.8. The smallest absolute Gasteiger partial charge is 0.259 e. The fraction of sp³-hybridized carbons (Fsp3) is 0.167. The Hall–Kier alpha value is -2.27. The number of amides is 1. The molecule has 1 aliphatic heterocycles. The zero-order chi connectivity index (χ0) is 16.1. The number of anilines is 1. The summed E-state index contributed by atoms with van der Waals surface area (Å²) in [4.78, 5) is 14.6. The predicted molar refractivity (Wildman–Crippen MR) is 94.1 cm³/mol. The fourth-order valence-electron chi connectivity index (χ4n) is 3.12. The lowest BCUT2D eigenvalue weighted by molar-refractivity contribution is 0.0996. The van der Waals surface area contributed by atoms with E-state index in [1.807, 2.05) is 48.5 Å². The monoisotopic (exact) mass is 370 g/mol. The molecule has 1 aromatic heterocycles. The van der Waals surface area contributed by atoms with Crippen LogP contribution in [0.4, 0.5) is 5.69 Å². The lowest BCUT2D eigenvalue weighted by Crippen LogP contribution is -2.22. The highest BCUT2D eigenvalue weighted by Gasteiger charge is 2.29. The van der Waals surface area contributed by atoms with E-state index in [1.54, 1.807) is 7.11 Å². The first-order valence-electron chi connectivity index (χ1n) is 7.32. The number of hydrogen-bond acceptors (Lipinski definition) is 2. The van der Waals surface area contributed by atoms with Crippen molar-refractivity contribution in [2.75, 3.05) is 12.0 Å². The Morgan fingerprint density at radius 1 is 1.17 bits per heavy atom. The van der Waals surface area contributed by atoms with Crippen LogP contribution in [-0.2, 0) is 13.6 Å². The zero-order valence-electron chi connectivity index (χ0n) is 12.8. The van der Waals surface area contributed by atoms with Gasteiger partial charge in [0.2, 0.25) is 0 Å². The number of methoxy groups -OCH3 is 1. The summed E-state index contributed by atoms with van der Waals surface area (Å²) in [7, 11) is 3.62. The van der Waals surface area contributed by atoms with E-state index >= 15 is 0 Å². The molecule has 2 heterocycles. The minimum absolute atomic E-state index is 0.0188. The maximum atomic E-state index is 12.7. The average Bonchev–Trinajstić information content (AvgIpc) is 3.04. The van der Waals surface area contributed by atoms with Crippen LogP contribution in [0.15, 0.2) is 47.1 Å². The molecule has 3 aromatic rings. The van der Waals surface area contributed by atoms with Gasteiger partial charge in [-0.2, -0.15) is 0 Å². The van der Waals surface area contributed by atoms with Crippen LogP contribution in [-0.4, -0.2) is 17.6 Å². The minimum atomic E-state index is 0.0188. The standard InChI is InChI=1S/C18H15BrN2O2/c1-20-10-16(19)15-7-12(4-6-17(15)20)21-9-11-3-5-13(23-2)8-14(11)18(21)22/h3-8,10H,9H2,1-2H3. The molecular formula is C18H15BrN2O2. The molecule has 0 unspecified atom stereocenters. The van der Waals surface area contributed by atoms with Crippen molar-refractivity contribution in [3.63, 3.8) is 0 Å². The molecule has 0 radical (unpaired) electrons. The number of halogens is 1. The molecule has 1 aliphatic rings. The Morgan fingerprint density at radius 2 is 2.00 bits per heavy atom. The van der Waals surface area contributed by atoms with Crippen molar-refractivity contribution < 1.29 is 9.53 Å². The Kier molecular flexibility index (Phi) is 3.20. The van der Waals surface area contributed by atoms with Crippen LogP contribution in [0.2, 0.25) is 0 Å². The summed E-state index contributed by atoms with van der Waals surface area (Å²) in [5.74, 6) is 0.727. The first kappa shape index (κ1) is 14.3. The van der Waals surface area contributed by atoms with Gasteiger partial charge in [-0.15, -0.1) is 0 Å². The molecule has 1 amide bonds. The number of carbonyl (C=O) groups is 1. The van der Waals surface area contributed by atoms with Crippen molar-refractivity contribution in [3.8, 4) is 5.75 Å². The normalized spacial score (nSPS) is 13.7. The summed E-state index contributed by atoms with van der Waals surface area (Å²) in [6.07, 6.45) is 2.03. The van der Waals surface area contributed by atoms with E-state index in [1.165, 1.54) is 0 Å². The van der Waals surface area contributed by atoms with Crippen molar-refractivity contribution in [2.45, 2.75) is 6.54 Å². The number of nitrogens with zero attached hydrogens (tertiary/aromatic N) is 2. The number of benzene rings is 2. The topological polar surface area (TPSA) is 34.5 Å². The van der Waals surface area contributed by atoms with Crippen LogP contribution in [0.1, 0.15) is 15.9 Å². The van der Waals surface area contributed by atoms with E-state index in [0.29, 0.717) is 12.3 Å². The van der Waals surface area contributed by atoms with Crippen molar-refractivity contribution in [3.05, 3.63) is 58.2 Å². The van der Waals surface area contributed by atoms with Crippen LogP contribution < -0.4 is 9.64 Å². The van der Waals surface area contributed by atoms with Gasteiger partial charge in [0.15, 0.2) is 0 Å². The van der Waals surface area contributed by atoms with Gasteiger partial charge >= 0.3 is 0 Å². The average molecular weight is 371 g/mol. The molecule has 4 rings (SSSR count). The van der Waals surface area contributed by atoms with Crippen LogP contribution >= 0.6 is 15.9 Å². The summed E-state index contributed by atoms with van der Waals surface area (Å²) in [6.45, 7) is 0.591. The maximum Gasteiger partial charge on any atom is 0.259 e. The Bertz CT molecular complexity index is 946. The third kappa shape index (κ3) is 2.15.